The highest BCUT2D eigenvalue weighted by molar-refractivity contribution is 5.94. The van der Waals surface area contributed by atoms with Gasteiger partial charge in [0.1, 0.15) is 0 Å². The second kappa shape index (κ2) is 6.59. The van der Waals surface area contributed by atoms with Crippen LogP contribution in [0.4, 0.5) is 0 Å². The van der Waals surface area contributed by atoms with E-state index in [4.69, 9.17) is 10.3 Å². The van der Waals surface area contributed by atoms with Gasteiger partial charge in [0.05, 0.1) is 5.54 Å². The fourth-order valence-electron chi connectivity index (χ4n) is 2.98. The van der Waals surface area contributed by atoms with Gasteiger partial charge in [0, 0.05) is 17.7 Å². The molecule has 134 valence electrons. The van der Waals surface area contributed by atoms with E-state index < -0.39 is 5.54 Å². The van der Waals surface area contributed by atoms with Gasteiger partial charge in [-0.25, -0.2) is 0 Å². The molecule has 1 fully saturated rings. The average molecular weight is 342 g/mol. The molecule has 0 bridgehead atoms. The molecule has 0 unspecified atom stereocenters. The second-order valence-electron chi connectivity index (χ2n) is 8.11. The normalized spacial score (nSPS) is 16.8. The summed E-state index contributed by atoms with van der Waals surface area (Å²) in [7, 11) is 0. The quantitative estimate of drug-likeness (QED) is 0.889. The SMILES string of the molecule is CC(C)(C)CNC(=O)c1ccc(-c2nc(C3(N)CCCC3)no2)cc1. The number of nitrogens with two attached hydrogens (primary N) is 1. The molecule has 2 aromatic rings. The average Bonchev–Trinajstić information content (AvgIpc) is 3.22. The lowest BCUT2D eigenvalue weighted by atomic mass is 9.97. The molecule has 1 aliphatic rings. The van der Waals surface area contributed by atoms with Crippen molar-refractivity contribution < 1.29 is 9.32 Å². The molecule has 0 spiro atoms. The van der Waals surface area contributed by atoms with E-state index in [0.717, 1.165) is 31.2 Å². The highest BCUT2D eigenvalue weighted by atomic mass is 16.5. The van der Waals surface area contributed by atoms with E-state index in [1.165, 1.54) is 0 Å². The number of hydrogen-bond acceptors (Lipinski definition) is 5. The molecule has 0 atom stereocenters. The molecule has 0 saturated heterocycles. The van der Waals surface area contributed by atoms with Gasteiger partial charge in [-0.05, 0) is 42.5 Å². The number of benzene rings is 1. The third-order valence-electron chi connectivity index (χ3n) is 4.54. The molecular weight excluding hydrogens is 316 g/mol. The molecule has 6 heteroatoms. The highest BCUT2D eigenvalue weighted by Crippen LogP contribution is 2.35. The van der Waals surface area contributed by atoms with E-state index in [2.05, 4.69) is 36.2 Å². The van der Waals surface area contributed by atoms with Crippen molar-refractivity contribution in [3.63, 3.8) is 0 Å². The molecule has 1 amide bonds. The Morgan fingerprint density at radius 1 is 1.24 bits per heavy atom. The Balaban J connectivity index is 1.70. The number of aromatic nitrogens is 2. The summed E-state index contributed by atoms with van der Waals surface area (Å²) >= 11 is 0. The van der Waals surface area contributed by atoms with Crippen LogP contribution in [0.1, 0.15) is 62.6 Å². The van der Waals surface area contributed by atoms with E-state index >= 15 is 0 Å². The van der Waals surface area contributed by atoms with Crippen LogP contribution in [0, 0.1) is 5.41 Å². The first-order valence-electron chi connectivity index (χ1n) is 8.79. The van der Waals surface area contributed by atoms with E-state index in [-0.39, 0.29) is 11.3 Å². The molecule has 25 heavy (non-hydrogen) atoms. The predicted octanol–water partition coefficient (Wildman–Crippen LogP) is 3.24. The predicted molar refractivity (Wildman–Crippen MR) is 95.9 cm³/mol. The monoisotopic (exact) mass is 342 g/mol. The summed E-state index contributed by atoms with van der Waals surface area (Å²) in [6.45, 7) is 6.87. The maximum Gasteiger partial charge on any atom is 0.257 e. The van der Waals surface area contributed by atoms with Crippen LogP contribution in [0.3, 0.4) is 0 Å². The number of carbonyl (C=O) groups is 1. The van der Waals surface area contributed by atoms with Crippen molar-refractivity contribution in [2.45, 2.75) is 52.0 Å². The van der Waals surface area contributed by atoms with Crippen LogP contribution < -0.4 is 11.1 Å². The summed E-state index contributed by atoms with van der Waals surface area (Å²) in [5.74, 6) is 0.930. The maximum absolute atomic E-state index is 12.2. The van der Waals surface area contributed by atoms with Gasteiger partial charge < -0.3 is 15.6 Å². The van der Waals surface area contributed by atoms with Gasteiger partial charge >= 0.3 is 0 Å². The zero-order chi connectivity index (χ0) is 18.1. The fourth-order valence-corrected chi connectivity index (χ4v) is 2.98. The Kier molecular flexibility index (Phi) is 4.64. The molecule has 3 rings (SSSR count). The van der Waals surface area contributed by atoms with Crippen LogP contribution in [0.15, 0.2) is 28.8 Å². The van der Waals surface area contributed by atoms with Crippen LogP contribution in [-0.4, -0.2) is 22.6 Å². The van der Waals surface area contributed by atoms with Crippen molar-refractivity contribution in [2.24, 2.45) is 11.1 Å². The largest absolute Gasteiger partial charge is 0.352 e. The highest BCUT2D eigenvalue weighted by Gasteiger charge is 2.36. The summed E-state index contributed by atoms with van der Waals surface area (Å²) < 4.78 is 5.38. The first-order chi connectivity index (χ1) is 11.8. The lowest BCUT2D eigenvalue weighted by Crippen LogP contribution is -2.34. The molecule has 1 heterocycles. The summed E-state index contributed by atoms with van der Waals surface area (Å²) in [6, 6.07) is 7.18. The molecule has 1 aromatic heterocycles. The smallest absolute Gasteiger partial charge is 0.257 e. The minimum atomic E-state index is -0.464. The van der Waals surface area contributed by atoms with Crippen LogP contribution in [-0.2, 0) is 5.54 Å². The lowest BCUT2D eigenvalue weighted by Gasteiger charge is -2.18. The molecule has 1 saturated carbocycles. The Hall–Kier alpha value is -2.21. The molecule has 1 aromatic carbocycles. The molecular formula is C19H26N4O2. The minimum Gasteiger partial charge on any atom is -0.352 e. The Bertz CT molecular complexity index is 738. The number of rotatable bonds is 4. The summed E-state index contributed by atoms with van der Waals surface area (Å²) in [6.07, 6.45) is 3.97. The van der Waals surface area contributed by atoms with Gasteiger partial charge in [-0.3, -0.25) is 4.79 Å². The summed E-state index contributed by atoms with van der Waals surface area (Å²) in [5, 5.41) is 7.01. The Morgan fingerprint density at radius 3 is 2.48 bits per heavy atom. The zero-order valence-electron chi connectivity index (χ0n) is 15.1. The summed E-state index contributed by atoms with van der Waals surface area (Å²) in [4.78, 5) is 16.7. The van der Waals surface area contributed by atoms with Gasteiger partial charge in [-0.1, -0.05) is 38.8 Å². The van der Waals surface area contributed by atoms with Gasteiger partial charge in [0.15, 0.2) is 5.82 Å². The first-order valence-corrected chi connectivity index (χ1v) is 8.79. The number of hydrogen-bond donors (Lipinski definition) is 2. The molecule has 3 N–H and O–H groups in total. The van der Waals surface area contributed by atoms with E-state index in [9.17, 15) is 4.79 Å². The van der Waals surface area contributed by atoms with E-state index in [0.29, 0.717) is 23.8 Å². The number of nitrogens with zero attached hydrogens (tertiary/aromatic N) is 2. The Morgan fingerprint density at radius 2 is 1.88 bits per heavy atom. The van der Waals surface area contributed by atoms with Crippen LogP contribution >= 0.6 is 0 Å². The van der Waals surface area contributed by atoms with E-state index in [1.807, 2.05) is 12.1 Å². The van der Waals surface area contributed by atoms with E-state index in [1.54, 1.807) is 12.1 Å². The molecule has 1 aliphatic carbocycles. The number of nitrogens with one attached hydrogen (secondary N) is 1. The first kappa shape index (κ1) is 17.6. The van der Waals surface area contributed by atoms with Gasteiger partial charge in [-0.15, -0.1) is 0 Å². The maximum atomic E-state index is 12.2. The van der Waals surface area contributed by atoms with Crippen molar-refractivity contribution in [1.29, 1.82) is 0 Å². The standard InChI is InChI=1S/C19H26N4O2/c1-18(2,3)12-21-15(24)13-6-8-14(9-7-13)16-22-17(23-25-16)19(20)10-4-5-11-19/h6-9H,4-5,10-12,20H2,1-3H3,(H,21,24). The lowest BCUT2D eigenvalue weighted by molar-refractivity contribution is 0.0939. The van der Waals surface area contributed by atoms with Gasteiger partial charge in [-0.2, -0.15) is 4.98 Å². The van der Waals surface area contributed by atoms with Crippen molar-refractivity contribution in [2.75, 3.05) is 6.54 Å². The van der Waals surface area contributed by atoms with Crippen LogP contribution in [0.25, 0.3) is 11.5 Å². The third kappa shape index (κ3) is 4.07. The van der Waals surface area contributed by atoms with Crippen LogP contribution in [0.5, 0.6) is 0 Å². The third-order valence-corrected chi connectivity index (χ3v) is 4.54. The minimum absolute atomic E-state index is 0.0498. The topological polar surface area (TPSA) is 94.0 Å². The Labute approximate surface area is 148 Å². The van der Waals surface area contributed by atoms with Gasteiger partial charge in [0.2, 0.25) is 0 Å². The molecule has 0 radical (unpaired) electrons. The van der Waals surface area contributed by atoms with Crippen molar-refractivity contribution in [1.82, 2.24) is 15.5 Å². The summed E-state index contributed by atoms with van der Waals surface area (Å²) in [5.41, 5.74) is 7.35. The van der Waals surface area contributed by atoms with Crippen molar-refractivity contribution in [3.8, 4) is 11.5 Å². The number of amides is 1. The molecule has 6 nitrogen and oxygen atoms in total. The number of carbonyl (C=O) groups excluding carboxylic acids is 1. The van der Waals surface area contributed by atoms with Crippen molar-refractivity contribution in [3.05, 3.63) is 35.7 Å². The molecule has 0 aliphatic heterocycles. The van der Waals surface area contributed by atoms with Crippen molar-refractivity contribution >= 4 is 5.91 Å². The van der Waals surface area contributed by atoms with Crippen LogP contribution in [0.2, 0.25) is 0 Å². The van der Waals surface area contributed by atoms with Gasteiger partial charge in [0.25, 0.3) is 11.8 Å². The second-order valence-corrected chi connectivity index (χ2v) is 8.11. The fraction of sp³-hybridized carbons (Fsp3) is 0.526. The zero-order valence-corrected chi connectivity index (χ0v) is 15.1.